The summed E-state index contributed by atoms with van der Waals surface area (Å²) >= 11 is 5.45. The number of aromatic nitrogens is 2. The highest BCUT2D eigenvalue weighted by Crippen LogP contribution is 2.21. The van der Waals surface area contributed by atoms with E-state index < -0.39 is 14.2 Å². The number of phenolic OH excluding ortho intramolecular Hbond substituents is 1. The number of hydrogen-bond donors (Lipinski definition) is 3. The molecule has 0 saturated heterocycles. The number of nitrogens with zero attached hydrogens (tertiary/aromatic N) is 4. The zero-order valence-corrected chi connectivity index (χ0v) is 21.0. The second kappa shape index (κ2) is 14.1. The Morgan fingerprint density at radius 1 is 0.800 bits per heavy atom. The average Bonchev–Trinajstić information content (AvgIpc) is 3.52. The van der Waals surface area contributed by atoms with Crippen LogP contribution in [0.2, 0.25) is 5.15 Å². The summed E-state index contributed by atoms with van der Waals surface area (Å²) in [5, 5.41) is 45.2. The Balaban J connectivity index is 0.000000179. The smallest absolute Gasteiger partial charge is 0.491 e. The van der Waals surface area contributed by atoms with Crippen LogP contribution < -0.4 is 15.7 Å². The Kier molecular flexibility index (Phi) is 10.6. The van der Waals surface area contributed by atoms with Gasteiger partial charge in [0, 0.05) is 18.5 Å². The third kappa shape index (κ3) is 7.80. The van der Waals surface area contributed by atoms with Crippen molar-refractivity contribution in [3.63, 3.8) is 0 Å². The van der Waals surface area contributed by atoms with Crippen molar-refractivity contribution in [1.29, 1.82) is 10.5 Å². The summed E-state index contributed by atoms with van der Waals surface area (Å²) in [7, 11) is -1.76. The monoisotopic (exact) mass is 556 g/mol. The predicted octanol–water partition coefficient (Wildman–Crippen LogP) is 2.82. The number of phenols is 1. The van der Waals surface area contributed by atoms with Crippen molar-refractivity contribution in [3.05, 3.63) is 100 Å². The first-order chi connectivity index (χ1) is 18.9. The van der Waals surface area contributed by atoms with E-state index in [0.29, 0.717) is 52.0 Å². The summed E-state index contributed by atoms with van der Waals surface area (Å²) in [6.07, 6.45) is 2.88. The van der Waals surface area contributed by atoms with Gasteiger partial charge in [-0.2, -0.15) is 10.5 Å². The van der Waals surface area contributed by atoms with E-state index in [1.165, 1.54) is 18.5 Å². The van der Waals surface area contributed by atoms with Crippen molar-refractivity contribution in [2.75, 3.05) is 0 Å². The fraction of sp³-hybridized carbons (Fsp3) is 0.111. The van der Waals surface area contributed by atoms with Gasteiger partial charge in [-0.1, -0.05) is 31.2 Å². The van der Waals surface area contributed by atoms with E-state index in [4.69, 9.17) is 41.3 Å². The molecule has 0 radical (unpaired) electrons. The van der Waals surface area contributed by atoms with E-state index in [2.05, 4.69) is 9.97 Å². The maximum Gasteiger partial charge on any atom is 0.491 e. The Hall–Kier alpha value is -4.42. The van der Waals surface area contributed by atoms with Gasteiger partial charge in [0.2, 0.25) is 5.88 Å². The van der Waals surface area contributed by atoms with Crippen LogP contribution in [0.4, 0.5) is 0 Å². The van der Waals surface area contributed by atoms with Gasteiger partial charge < -0.3 is 29.2 Å². The molecule has 3 N–H and O–H groups in total. The van der Waals surface area contributed by atoms with Crippen LogP contribution in [0, 0.1) is 22.7 Å². The van der Waals surface area contributed by atoms with E-state index in [0.717, 1.165) is 11.1 Å². The lowest BCUT2D eigenvalue weighted by Gasteiger charge is -2.06. The number of nitriles is 2. The van der Waals surface area contributed by atoms with Gasteiger partial charge in [-0.05, 0) is 64.5 Å². The summed E-state index contributed by atoms with van der Waals surface area (Å²) in [6.45, 7) is 0.836. The van der Waals surface area contributed by atoms with E-state index in [9.17, 15) is 10.0 Å². The Labute approximate surface area is 236 Å². The zero-order valence-electron chi connectivity index (χ0n) is 20.2. The van der Waals surface area contributed by atoms with E-state index in [1.54, 1.807) is 48.5 Å². The lowest BCUT2D eigenvalue weighted by molar-refractivity contribution is 0.275. The summed E-state index contributed by atoms with van der Waals surface area (Å²) in [6, 6.07) is 20.6. The van der Waals surface area contributed by atoms with Gasteiger partial charge in [-0.25, -0.2) is 9.97 Å². The number of rotatable bonds is 2. The lowest BCUT2D eigenvalue weighted by atomic mass is 9.79. The number of ether oxygens (including phenoxy) is 1. The number of pyridine rings is 2. The van der Waals surface area contributed by atoms with Gasteiger partial charge in [0.25, 0.3) is 0 Å². The standard InChI is InChI=1S/C13H9BN2O3.C7H7BO3.C6H3ClN2.CH4/c15-6-9-1-4-13(16-7-9)19-11-3-2-10-8-18-14(17)12(10)5-11;9-6-2-1-5-4-11-8(10)7(5)3-6;7-6-2-1-5(3-8)4-9-6;/h1-5,7,17H,8H2;1-3,9-10H,4H2;1-2,4H;1H4. The van der Waals surface area contributed by atoms with Gasteiger partial charge in [0.15, 0.2) is 0 Å². The molecule has 4 aromatic rings. The van der Waals surface area contributed by atoms with Crippen LogP contribution in [0.25, 0.3) is 0 Å². The number of hydrogen-bond acceptors (Lipinski definition) is 10. The second-order valence-electron chi connectivity index (χ2n) is 8.15. The first-order valence-electron chi connectivity index (χ1n) is 11.5. The van der Waals surface area contributed by atoms with Crippen molar-refractivity contribution < 1.29 is 29.2 Å². The predicted molar refractivity (Wildman–Crippen MR) is 149 cm³/mol. The fourth-order valence-corrected chi connectivity index (χ4v) is 3.64. The van der Waals surface area contributed by atoms with Crippen molar-refractivity contribution >= 4 is 36.8 Å². The molecular weight excluding hydrogens is 533 g/mol. The van der Waals surface area contributed by atoms with Gasteiger partial charge in [-0.15, -0.1) is 0 Å². The lowest BCUT2D eigenvalue weighted by Crippen LogP contribution is -2.27. The third-order valence-electron chi connectivity index (χ3n) is 5.52. The summed E-state index contributed by atoms with van der Waals surface area (Å²) in [5.74, 6) is 1.13. The summed E-state index contributed by atoms with van der Waals surface area (Å²) in [4.78, 5) is 7.71. The SMILES string of the molecule is C.N#Cc1ccc(Cl)nc1.N#Cc1ccc(Oc2ccc3c(c2)B(O)OC3)nc1.OB1OCc2ccc(O)cc21. The minimum atomic E-state index is -0.896. The van der Waals surface area contributed by atoms with Crippen LogP contribution in [-0.4, -0.2) is 39.4 Å². The molecule has 200 valence electrons. The molecule has 6 rings (SSSR count). The minimum absolute atomic E-state index is 0. The first-order valence-corrected chi connectivity index (χ1v) is 11.8. The molecule has 4 heterocycles. The Morgan fingerprint density at radius 3 is 1.93 bits per heavy atom. The normalized spacial score (nSPS) is 12.2. The molecule has 2 aliphatic heterocycles. The van der Waals surface area contributed by atoms with E-state index >= 15 is 0 Å². The number of benzene rings is 2. The quantitative estimate of drug-likeness (QED) is 0.247. The van der Waals surface area contributed by atoms with Crippen molar-refractivity contribution in [2.24, 2.45) is 0 Å². The molecular formula is C27H23B2ClN4O6. The van der Waals surface area contributed by atoms with Crippen molar-refractivity contribution in [2.45, 2.75) is 20.6 Å². The van der Waals surface area contributed by atoms with Crippen LogP contribution in [0.5, 0.6) is 17.4 Å². The summed E-state index contributed by atoms with van der Waals surface area (Å²) in [5.41, 5.74) is 4.28. The fourth-order valence-electron chi connectivity index (χ4n) is 3.53. The van der Waals surface area contributed by atoms with Crippen LogP contribution in [0.15, 0.2) is 73.1 Å². The Bertz CT molecular complexity index is 1530. The average molecular weight is 557 g/mol. The molecule has 0 spiro atoms. The molecule has 2 aliphatic rings. The molecule has 0 atom stereocenters. The van der Waals surface area contributed by atoms with Gasteiger partial charge in [-0.3, -0.25) is 0 Å². The number of halogens is 1. The molecule has 13 heteroatoms. The molecule has 0 aliphatic carbocycles. The number of aromatic hydroxyl groups is 1. The molecule has 2 aromatic heterocycles. The summed E-state index contributed by atoms with van der Waals surface area (Å²) < 4.78 is 15.6. The molecule has 0 saturated carbocycles. The van der Waals surface area contributed by atoms with Crippen molar-refractivity contribution in [3.8, 4) is 29.5 Å². The van der Waals surface area contributed by atoms with E-state index in [-0.39, 0.29) is 13.2 Å². The van der Waals surface area contributed by atoms with Crippen molar-refractivity contribution in [1.82, 2.24) is 9.97 Å². The van der Waals surface area contributed by atoms with E-state index in [1.807, 2.05) is 18.2 Å². The molecule has 0 bridgehead atoms. The van der Waals surface area contributed by atoms with Gasteiger partial charge in [0.1, 0.15) is 28.8 Å². The molecule has 0 amide bonds. The highest BCUT2D eigenvalue weighted by atomic mass is 35.5. The highest BCUT2D eigenvalue weighted by molar-refractivity contribution is 6.62. The molecule has 2 aromatic carbocycles. The maximum absolute atomic E-state index is 9.61. The Morgan fingerprint density at radius 2 is 1.38 bits per heavy atom. The zero-order chi connectivity index (χ0) is 27.8. The third-order valence-corrected chi connectivity index (χ3v) is 5.74. The van der Waals surface area contributed by atoms with Gasteiger partial charge >= 0.3 is 14.2 Å². The molecule has 40 heavy (non-hydrogen) atoms. The molecule has 10 nitrogen and oxygen atoms in total. The number of fused-ring (bicyclic) bond motifs is 2. The van der Waals surface area contributed by atoms with Crippen LogP contribution in [-0.2, 0) is 22.5 Å². The topological polar surface area (TPSA) is 162 Å². The van der Waals surface area contributed by atoms with Crippen LogP contribution in [0.1, 0.15) is 29.7 Å². The second-order valence-corrected chi connectivity index (χ2v) is 8.54. The van der Waals surface area contributed by atoms with Crippen LogP contribution in [0.3, 0.4) is 0 Å². The molecule has 0 fully saturated rings. The maximum atomic E-state index is 9.61. The first kappa shape index (κ1) is 30.1. The van der Waals surface area contributed by atoms with Gasteiger partial charge in [0.05, 0.1) is 24.3 Å². The highest BCUT2D eigenvalue weighted by Gasteiger charge is 2.28. The molecule has 0 unspecified atom stereocenters. The largest absolute Gasteiger partial charge is 0.508 e. The van der Waals surface area contributed by atoms with Crippen LogP contribution >= 0.6 is 11.6 Å². The minimum Gasteiger partial charge on any atom is -0.508 e.